The summed E-state index contributed by atoms with van der Waals surface area (Å²) in [5, 5.41) is 0. The molecule has 0 aromatic rings. The first-order valence-electron chi connectivity index (χ1n) is 6.16. The molecule has 96 valence electrons. The van der Waals surface area contributed by atoms with Crippen LogP contribution in [0.3, 0.4) is 0 Å². The summed E-state index contributed by atoms with van der Waals surface area (Å²) in [4.78, 5) is 21.5. The Morgan fingerprint density at radius 3 is 2.59 bits per heavy atom. The van der Waals surface area contributed by atoms with Crippen LogP contribution in [-0.2, 0) is 19.1 Å². The highest BCUT2D eigenvalue weighted by Gasteiger charge is 2.62. The zero-order chi connectivity index (χ0) is 12.7. The zero-order valence-electron chi connectivity index (χ0n) is 10.7. The Morgan fingerprint density at radius 2 is 2.12 bits per heavy atom. The fourth-order valence-electron chi connectivity index (χ4n) is 3.60. The lowest BCUT2D eigenvalue weighted by atomic mass is 9.70. The van der Waals surface area contributed by atoms with Crippen LogP contribution in [-0.4, -0.2) is 25.2 Å². The normalized spacial score (nSPS) is 37.8. The quantitative estimate of drug-likeness (QED) is 0.556. The molecule has 0 amide bonds. The minimum absolute atomic E-state index is 0.0287. The maximum atomic E-state index is 11.5. The third-order valence-corrected chi connectivity index (χ3v) is 5.26. The number of fused-ring (bicyclic) bond motifs is 2. The molecule has 2 aliphatic rings. The van der Waals surface area contributed by atoms with E-state index in [-0.39, 0.29) is 30.0 Å². The summed E-state index contributed by atoms with van der Waals surface area (Å²) >= 11 is 0. The first kappa shape index (κ1) is 12.4. The van der Waals surface area contributed by atoms with Gasteiger partial charge in [0.25, 0.3) is 6.47 Å². The fraction of sp³-hybridized carbons (Fsp3) is 0.846. The van der Waals surface area contributed by atoms with E-state index in [0.717, 1.165) is 12.8 Å². The van der Waals surface area contributed by atoms with Crippen molar-refractivity contribution in [1.82, 2.24) is 0 Å². The van der Waals surface area contributed by atoms with E-state index in [2.05, 4.69) is 25.5 Å². The van der Waals surface area contributed by atoms with Crippen LogP contribution in [0.5, 0.6) is 0 Å². The van der Waals surface area contributed by atoms with Gasteiger partial charge in [-0.1, -0.05) is 20.8 Å². The van der Waals surface area contributed by atoms with E-state index >= 15 is 0 Å². The minimum Gasteiger partial charge on any atom is -0.459 e. The average molecular weight is 240 g/mol. The van der Waals surface area contributed by atoms with Gasteiger partial charge in [-0.2, -0.15) is 0 Å². The van der Waals surface area contributed by atoms with Crippen LogP contribution in [0.25, 0.3) is 0 Å². The minimum atomic E-state index is -0.438. The van der Waals surface area contributed by atoms with E-state index in [1.165, 1.54) is 6.42 Å². The number of hydrogen-bond acceptors (Lipinski definition) is 4. The molecule has 0 aromatic heterocycles. The van der Waals surface area contributed by atoms with Gasteiger partial charge in [0.1, 0.15) is 6.10 Å². The molecule has 0 saturated heterocycles. The summed E-state index contributed by atoms with van der Waals surface area (Å²) in [5.74, 6) is 0.198. The third kappa shape index (κ3) is 1.74. The van der Waals surface area contributed by atoms with Gasteiger partial charge in [-0.25, -0.2) is 4.79 Å². The van der Waals surface area contributed by atoms with Crippen molar-refractivity contribution in [1.29, 1.82) is 0 Å². The summed E-state index contributed by atoms with van der Waals surface area (Å²) < 4.78 is 9.88. The lowest BCUT2D eigenvalue weighted by molar-refractivity contribution is -0.164. The fourth-order valence-corrected chi connectivity index (χ4v) is 3.60. The topological polar surface area (TPSA) is 52.6 Å². The van der Waals surface area contributed by atoms with Crippen molar-refractivity contribution in [2.45, 2.75) is 46.1 Å². The molecule has 4 heteroatoms. The van der Waals surface area contributed by atoms with Crippen molar-refractivity contribution < 1.29 is 19.1 Å². The lowest BCUT2D eigenvalue weighted by Gasteiger charge is -2.38. The molecule has 0 aliphatic heterocycles. The van der Waals surface area contributed by atoms with E-state index in [9.17, 15) is 9.59 Å². The van der Waals surface area contributed by atoms with Gasteiger partial charge in [-0.15, -0.1) is 0 Å². The average Bonchev–Trinajstić information content (AvgIpc) is 2.59. The number of hydrogen-bond donors (Lipinski definition) is 0. The second-order valence-corrected chi connectivity index (χ2v) is 6.00. The van der Waals surface area contributed by atoms with E-state index in [1.54, 1.807) is 0 Å². The monoisotopic (exact) mass is 240 g/mol. The van der Waals surface area contributed by atoms with E-state index < -0.39 is 5.97 Å². The molecule has 17 heavy (non-hydrogen) atoms. The molecule has 2 saturated carbocycles. The van der Waals surface area contributed by atoms with Gasteiger partial charge in [0, 0.05) is 5.41 Å². The van der Waals surface area contributed by atoms with Gasteiger partial charge < -0.3 is 9.47 Å². The Balaban J connectivity index is 2.01. The molecule has 2 fully saturated rings. The van der Waals surface area contributed by atoms with Gasteiger partial charge >= 0.3 is 5.97 Å². The molecule has 2 bridgehead atoms. The molecule has 0 N–H and O–H groups in total. The molecule has 0 radical (unpaired) electrons. The molecule has 0 aromatic carbocycles. The molecule has 3 unspecified atom stereocenters. The first-order valence-corrected chi connectivity index (χ1v) is 6.16. The Labute approximate surface area is 102 Å². The highest BCUT2D eigenvalue weighted by Crippen LogP contribution is 2.66. The molecular formula is C13H20O4. The summed E-state index contributed by atoms with van der Waals surface area (Å²) in [5.41, 5.74) is 0.290. The Hall–Kier alpha value is -1.06. The summed E-state index contributed by atoms with van der Waals surface area (Å²) in [6.07, 6.45) is 3.24. The molecule has 0 spiro atoms. The van der Waals surface area contributed by atoms with Crippen molar-refractivity contribution in [3.63, 3.8) is 0 Å². The van der Waals surface area contributed by atoms with E-state index in [4.69, 9.17) is 4.74 Å². The molecule has 2 aliphatic carbocycles. The van der Waals surface area contributed by atoms with Crippen molar-refractivity contribution in [2.24, 2.45) is 16.7 Å². The zero-order valence-corrected chi connectivity index (χ0v) is 10.7. The Kier molecular flexibility index (Phi) is 2.92. The number of rotatable bonds is 4. The van der Waals surface area contributed by atoms with Crippen LogP contribution in [0.1, 0.15) is 40.0 Å². The summed E-state index contributed by atoms with van der Waals surface area (Å²) in [7, 11) is 0. The van der Waals surface area contributed by atoms with Gasteiger partial charge in [-0.3, -0.25) is 4.79 Å². The number of esters is 1. The Bertz CT molecular complexity index is 336. The SMILES string of the molecule is CC1(C)C2CCC1(C)C(OC(=O)COC=O)C2. The van der Waals surface area contributed by atoms with Crippen molar-refractivity contribution in [3.8, 4) is 0 Å². The molecule has 2 rings (SSSR count). The van der Waals surface area contributed by atoms with Crippen LogP contribution in [0, 0.1) is 16.7 Å². The standard InChI is InChI=1S/C13H20O4/c1-12(2)9-4-5-13(12,3)10(6-9)17-11(15)7-16-8-14/h8-10H,4-7H2,1-3H3. The maximum Gasteiger partial charge on any atom is 0.344 e. The second-order valence-electron chi connectivity index (χ2n) is 6.00. The summed E-state index contributed by atoms with van der Waals surface area (Å²) in [6.45, 7) is 6.73. The predicted molar refractivity (Wildman–Crippen MR) is 61.1 cm³/mol. The number of carbonyl (C=O) groups excluding carboxylic acids is 2. The molecule has 0 heterocycles. The maximum absolute atomic E-state index is 11.5. The largest absolute Gasteiger partial charge is 0.459 e. The molecular weight excluding hydrogens is 220 g/mol. The van der Waals surface area contributed by atoms with Crippen LogP contribution < -0.4 is 0 Å². The number of carbonyl (C=O) groups is 2. The van der Waals surface area contributed by atoms with Crippen LogP contribution in [0.4, 0.5) is 0 Å². The first-order chi connectivity index (χ1) is 7.91. The predicted octanol–water partition coefficient (Wildman–Crippen LogP) is 1.92. The van der Waals surface area contributed by atoms with Crippen molar-refractivity contribution >= 4 is 12.4 Å². The van der Waals surface area contributed by atoms with Crippen molar-refractivity contribution in [2.75, 3.05) is 6.61 Å². The van der Waals surface area contributed by atoms with Crippen LogP contribution >= 0.6 is 0 Å². The lowest BCUT2D eigenvalue weighted by Crippen LogP contribution is -2.38. The molecule has 3 atom stereocenters. The van der Waals surface area contributed by atoms with E-state index in [0.29, 0.717) is 5.92 Å². The highest BCUT2D eigenvalue weighted by atomic mass is 16.6. The van der Waals surface area contributed by atoms with Crippen LogP contribution in [0.15, 0.2) is 0 Å². The van der Waals surface area contributed by atoms with Crippen molar-refractivity contribution in [3.05, 3.63) is 0 Å². The van der Waals surface area contributed by atoms with Gasteiger partial charge in [-0.05, 0) is 30.6 Å². The van der Waals surface area contributed by atoms with E-state index in [1.807, 2.05) is 0 Å². The summed E-state index contributed by atoms with van der Waals surface area (Å²) in [6, 6.07) is 0. The van der Waals surface area contributed by atoms with Gasteiger partial charge in [0.15, 0.2) is 6.61 Å². The smallest absolute Gasteiger partial charge is 0.344 e. The Morgan fingerprint density at radius 1 is 1.41 bits per heavy atom. The number of ether oxygens (including phenoxy) is 2. The van der Waals surface area contributed by atoms with Gasteiger partial charge in [0.05, 0.1) is 0 Å². The molecule has 4 nitrogen and oxygen atoms in total. The second kappa shape index (κ2) is 4.00. The van der Waals surface area contributed by atoms with Crippen LogP contribution in [0.2, 0.25) is 0 Å². The van der Waals surface area contributed by atoms with Gasteiger partial charge in [0.2, 0.25) is 0 Å². The third-order valence-electron chi connectivity index (χ3n) is 5.26. The highest BCUT2D eigenvalue weighted by molar-refractivity contribution is 5.72.